The second kappa shape index (κ2) is 10.7. The molecule has 0 aliphatic rings. The van der Waals surface area contributed by atoms with Crippen LogP contribution in [0.15, 0.2) is 36.4 Å². The zero-order valence-corrected chi connectivity index (χ0v) is 19.8. The quantitative estimate of drug-likeness (QED) is 0.395. The average Bonchev–Trinajstić information content (AvgIpc) is 3.14. The Morgan fingerprint density at radius 2 is 1.97 bits per heavy atom. The molecule has 0 radical (unpaired) electrons. The van der Waals surface area contributed by atoms with Crippen LogP contribution >= 0.6 is 11.6 Å². The number of H-pyrrole nitrogens is 1. The van der Waals surface area contributed by atoms with Crippen LogP contribution in [-0.4, -0.2) is 41.7 Å². The van der Waals surface area contributed by atoms with Gasteiger partial charge in [0.05, 0.1) is 18.1 Å². The fourth-order valence-corrected chi connectivity index (χ4v) is 3.53. The number of methoxy groups -OCH3 is 1. The van der Waals surface area contributed by atoms with E-state index in [2.05, 4.69) is 20.6 Å². The lowest BCUT2D eigenvalue weighted by Gasteiger charge is -2.21. The summed E-state index contributed by atoms with van der Waals surface area (Å²) in [5.74, 6) is 1.77. The summed E-state index contributed by atoms with van der Waals surface area (Å²) in [7, 11) is 1.57. The molecule has 0 saturated heterocycles. The maximum atomic E-state index is 12.0. The highest BCUT2D eigenvalue weighted by Crippen LogP contribution is 2.33. The summed E-state index contributed by atoms with van der Waals surface area (Å²) in [5, 5.41) is 6.82. The van der Waals surface area contributed by atoms with Crippen molar-refractivity contribution in [3.63, 3.8) is 0 Å². The molecule has 1 heterocycles. The van der Waals surface area contributed by atoms with Crippen molar-refractivity contribution in [3.8, 4) is 11.5 Å². The van der Waals surface area contributed by atoms with E-state index in [1.807, 2.05) is 51.1 Å². The number of amides is 1. The standard InChI is InChI=1S/C24H31ClN4O3/c1-24(2,3)29-23(30)15-32-21-13-17(25)16(12-20(21)31-4)14-26-11-7-10-22-27-18-8-5-6-9-19(18)28-22/h5-6,8-9,12-13,26H,7,10-11,14-15H2,1-4H3,(H,27,28)(H,29,30). The Kier molecular flexibility index (Phi) is 7.99. The molecule has 0 unspecified atom stereocenters. The molecular weight excluding hydrogens is 428 g/mol. The third-order valence-corrected chi connectivity index (χ3v) is 5.08. The number of nitrogens with zero attached hydrogens (tertiary/aromatic N) is 1. The van der Waals surface area contributed by atoms with Crippen molar-refractivity contribution in [2.75, 3.05) is 20.3 Å². The van der Waals surface area contributed by atoms with Crippen molar-refractivity contribution in [3.05, 3.63) is 52.8 Å². The molecule has 32 heavy (non-hydrogen) atoms. The molecule has 3 rings (SSSR count). The number of ether oxygens (including phenoxy) is 2. The monoisotopic (exact) mass is 458 g/mol. The SMILES string of the molecule is COc1cc(CNCCCc2nc3ccccc3[nH]2)c(Cl)cc1OCC(=O)NC(C)(C)C. The first-order valence-electron chi connectivity index (χ1n) is 10.7. The lowest BCUT2D eigenvalue weighted by atomic mass is 10.1. The first-order valence-corrected chi connectivity index (χ1v) is 11.1. The Bertz CT molecular complexity index is 1030. The lowest BCUT2D eigenvalue weighted by molar-refractivity contribution is -0.124. The number of carbonyl (C=O) groups is 1. The van der Waals surface area contributed by atoms with Crippen LogP contribution in [0.1, 0.15) is 38.6 Å². The maximum absolute atomic E-state index is 12.0. The van der Waals surface area contributed by atoms with Gasteiger partial charge in [0.15, 0.2) is 18.1 Å². The molecule has 172 valence electrons. The fourth-order valence-electron chi connectivity index (χ4n) is 3.31. The number of aromatic nitrogens is 2. The Balaban J connectivity index is 1.49. The molecule has 3 aromatic rings. The van der Waals surface area contributed by atoms with E-state index in [-0.39, 0.29) is 18.1 Å². The van der Waals surface area contributed by atoms with Crippen LogP contribution in [0.3, 0.4) is 0 Å². The minimum absolute atomic E-state index is 0.108. The normalized spacial score (nSPS) is 11.5. The van der Waals surface area contributed by atoms with Gasteiger partial charge >= 0.3 is 0 Å². The molecule has 7 nitrogen and oxygen atoms in total. The number of rotatable bonds is 10. The smallest absolute Gasteiger partial charge is 0.258 e. The molecule has 0 fully saturated rings. The van der Waals surface area contributed by atoms with Crippen molar-refractivity contribution in [2.24, 2.45) is 0 Å². The lowest BCUT2D eigenvalue weighted by Crippen LogP contribution is -2.43. The number of hydrogen-bond acceptors (Lipinski definition) is 5. The number of halogens is 1. The van der Waals surface area contributed by atoms with Crippen molar-refractivity contribution in [1.82, 2.24) is 20.6 Å². The molecule has 0 atom stereocenters. The molecule has 3 N–H and O–H groups in total. The molecule has 0 saturated carbocycles. The van der Waals surface area contributed by atoms with E-state index in [1.165, 1.54) is 0 Å². The van der Waals surface area contributed by atoms with E-state index in [4.69, 9.17) is 21.1 Å². The highest BCUT2D eigenvalue weighted by atomic mass is 35.5. The summed E-state index contributed by atoms with van der Waals surface area (Å²) in [6, 6.07) is 11.6. The second-order valence-corrected chi connectivity index (χ2v) is 9.07. The van der Waals surface area contributed by atoms with Crippen LogP contribution in [0.2, 0.25) is 5.02 Å². The zero-order chi connectivity index (χ0) is 23.1. The van der Waals surface area contributed by atoms with Gasteiger partial charge in [0, 0.05) is 29.6 Å². The van der Waals surface area contributed by atoms with Gasteiger partial charge in [-0.25, -0.2) is 4.98 Å². The maximum Gasteiger partial charge on any atom is 0.258 e. The third kappa shape index (κ3) is 6.87. The van der Waals surface area contributed by atoms with Crippen molar-refractivity contribution in [1.29, 1.82) is 0 Å². The Morgan fingerprint density at radius 3 is 2.69 bits per heavy atom. The molecule has 8 heteroatoms. The van der Waals surface area contributed by atoms with E-state index in [9.17, 15) is 4.79 Å². The number of para-hydroxylation sites is 2. The van der Waals surface area contributed by atoms with Gasteiger partial charge in [-0.3, -0.25) is 4.79 Å². The average molecular weight is 459 g/mol. The largest absolute Gasteiger partial charge is 0.493 e. The molecule has 0 spiro atoms. The van der Waals surface area contributed by atoms with Gasteiger partial charge in [-0.2, -0.15) is 0 Å². The van der Waals surface area contributed by atoms with Gasteiger partial charge in [0.2, 0.25) is 0 Å². The highest BCUT2D eigenvalue weighted by molar-refractivity contribution is 6.31. The first kappa shape index (κ1) is 23.9. The van der Waals surface area contributed by atoms with Crippen LogP contribution in [0.5, 0.6) is 11.5 Å². The predicted octanol–water partition coefficient (Wildman–Crippen LogP) is 4.24. The Morgan fingerprint density at radius 1 is 1.19 bits per heavy atom. The van der Waals surface area contributed by atoms with E-state index >= 15 is 0 Å². The van der Waals surface area contributed by atoms with E-state index < -0.39 is 0 Å². The molecule has 1 aromatic heterocycles. The van der Waals surface area contributed by atoms with Crippen LogP contribution in [-0.2, 0) is 17.8 Å². The van der Waals surface area contributed by atoms with E-state index in [0.29, 0.717) is 23.1 Å². The molecule has 2 aromatic carbocycles. The van der Waals surface area contributed by atoms with Gasteiger partial charge in [-0.15, -0.1) is 0 Å². The molecular formula is C24H31ClN4O3. The number of aromatic amines is 1. The number of carbonyl (C=O) groups excluding carboxylic acids is 1. The molecule has 0 bridgehead atoms. The minimum Gasteiger partial charge on any atom is -0.493 e. The summed E-state index contributed by atoms with van der Waals surface area (Å²) in [6.45, 7) is 7.06. The Labute approximate surface area is 193 Å². The van der Waals surface area contributed by atoms with Crippen molar-refractivity contribution in [2.45, 2.75) is 45.7 Å². The van der Waals surface area contributed by atoms with E-state index in [0.717, 1.165) is 41.8 Å². The summed E-state index contributed by atoms with van der Waals surface area (Å²) in [6.07, 6.45) is 1.81. The summed E-state index contributed by atoms with van der Waals surface area (Å²) in [4.78, 5) is 20.0. The van der Waals surface area contributed by atoms with Crippen molar-refractivity contribution >= 4 is 28.5 Å². The molecule has 1 amide bonds. The van der Waals surface area contributed by atoms with Crippen LogP contribution in [0.25, 0.3) is 11.0 Å². The van der Waals surface area contributed by atoms with Crippen molar-refractivity contribution < 1.29 is 14.3 Å². The number of fused-ring (bicyclic) bond motifs is 1. The van der Waals surface area contributed by atoms with Gasteiger partial charge in [0.25, 0.3) is 5.91 Å². The number of benzene rings is 2. The number of hydrogen-bond donors (Lipinski definition) is 3. The summed E-state index contributed by atoms with van der Waals surface area (Å²) >= 11 is 6.44. The fraction of sp³-hybridized carbons (Fsp3) is 0.417. The van der Waals surface area contributed by atoms with Gasteiger partial charge in [-0.05, 0) is 57.5 Å². The number of nitrogens with one attached hydrogen (secondary N) is 3. The van der Waals surface area contributed by atoms with Gasteiger partial charge < -0.3 is 25.1 Å². The third-order valence-electron chi connectivity index (χ3n) is 4.73. The predicted molar refractivity (Wildman–Crippen MR) is 128 cm³/mol. The topological polar surface area (TPSA) is 88.3 Å². The summed E-state index contributed by atoms with van der Waals surface area (Å²) < 4.78 is 11.1. The van der Waals surface area contributed by atoms with E-state index in [1.54, 1.807) is 13.2 Å². The highest BCUT2D eigenvalue weighted by Gasteiger charge is 2.16. The molecule has 0 aliphatic heterocycles. The molecule has 0 aliphatic carbocycles. The van der Waals surface area contributed by atoms with Gasteiger partial charge in [0.1, 0.15) is 5.82 Å². The second-order valence-electron chi connectivity index (χ2n) is 8.66. The van der Waals surface area contributed by atoms with Crippen LogP contribution in [0, 0.1) is 0 Å². The van der Waals surface area contributed by atoms with Gasteiger partial charge in [-0.1, -0.05) is 23.7 Å². The van der Waals surface area contributed by atoms with Crippen LogP contribution in [0.4, 0.5) is 0 Å². The summed E-state index contributed by atoms with van der Waals surface area (Å²) in [5.41, 5.74) is 2.64. The zero-order valence-electron chi connectivity index (χ0n) is 19.0. The first-order chi connectivity index (χ1) is 15.2. The number of aryl methyl sites for hydroxylation is 1. The van der Waals surface area contributed by atoms with Crippen LogP contribution < -0.4 is 20.1 Å². The number of imidazole rings is 1. The minimum atomic E-state index is -0.317. The Hall–Kier alpha value is -2.77.